The van der Waals surface area contributed by atoms with Gasteiger partial charge in [0.15, 0.2) is 0 Å². The second-order valence-electron chi connectivity index (χ2n) is 10.5. The Labute approximate surface area is 221 Å². The number of sulfonamides is 1. The Hall–Kier alpha value is -2.83. The number of halogens is 2. The van der Waals surface area contributed by atoms with Crippen molar-refractivity contribution in [3.8, 4) is 0 Å². The lowest BCUT2D eigenvalue weighted by Crippen LogP contribution is -2.39. The summed E-state index contributed by atoms with van der Waals surface area (Å²) in [6.45, 7) is 1.41. The average Bonchev–Trinajstić information content (AvgIpc) is 3.67. The molecule has 0 bridgehead atoms. The number of nitrogens with zero attached hydrogens (tertiary/aromatic N) is 3. The number of nitrogens with one attached hydrogen (secondary N) is 2. The first-order chi connectivity index (χ1) is 18.1. The number of carbonyl (C=O) groups excluding carboxylic acids is 1. The molecule has 0 atom stereocenters. The Morgan fingerprint density at radius 3 is 2.32 bits per heavy atom. The van der Waals surface area contributed by atoms with E-state index in [2.05, 4.69) is 19.9 Å². The molecule has 38 heavy (non-hydrogen) atoms. The molecule has 2 aromatic rings. The van der Waals surface area contributed by atoms with Crippen molar-refractivity contribution in [2.75, 3.05) is 54.4 Å². The number of aromatic nitrogens is 1. The van der Waals surface area contributed by atoms with E-state index in [0.29, 0.717) is 22.6 Å². The highest BCUT2D eigenvalue weighted by atomic mass is 32.2. The largest absolute Gasteiger partial charge is 0.395 e. The fraction of sp³-hybridized carbons (Fsp3) is 0.538. The van der Waals surface area contributed by atoms with Gasteiger partial charge in [0.1, 0.15) is 11.5 Å². The Morgan fingerprint density at radius 2 is 1.66 bits per heavy atom. The number of benzene rings is 1. The predicted molar refractivity (Wildman–Crippen MR) is 140 cm³/mol. The fourth-order valence-corrected chi connectivity index (χ4v) is 6.22. The van der Waals surface area contributed by atoms with Gasteiger partial charge in [-0.25, -0.2) is 26.9 Å². The molecule has 1 aromatic heterocycles. The molecule has 5 rings (SSSR count). The molecule has 206 valence electrons. The molecule has 2 saturated heterocycles. The lowest BCUT2D eigenvalue weighted by atomic mass is 9.93. The van der Waals surface area contributed by atoms with E-state index in [1.165, 1.54) is 18.9 Å². The van der Waals surface area contributed by atoms with Crippen LogP contribution in [0.1, 0.15) is 49.0 Å². The van der Waals surface area contributed by atoms with E-state index >= 15 is 0 Å². The van der Waals surface area contributed by atoms with Crippen LogP contribution >= 0.6 is 0 Å². The van der Waals surface area contributed by atoms with E-state index in [0.717, 1.165) is 25.9 Å². The van der Waals surface area contributed by atoms with Crippen LogP contribution in [-0.2, 0) is 10.0 Å². The van der Waals surface area contributed by atoms with E-state index in [1.807, 2.05) is 0 Å². The molecule has 3 aliphatic rings. The summed E-state index contributed by atoms with van der Waals surface area (Å²) in [5, 5.41) is 11.9. The number of amides is 1. The SMILES string of the molecule is O=C(Nc1ccc(S(=O)(=O)NCCO)cc1N1CCC2(CC1)CC2)c1cccc(N2CCC(F)(F)CC2)n1. The van der Waals surface area contributed by atoms with Crippen LogP contribution in [0.5, 0.6) is 0 Å². The van der Waals surface area contributed by atoms with Crippen molar-refractivity contribution >= 4 is 33.1 Å². The molecule has 1 amide bonds. The molecule has 3 N–H and O–H groups in total. The third-order valence-electron chi connectivity index (χ3n) is 7.84. The van der Waals surface area contributed by atoms with Gasteiger partial charge in [0, 0.05) is 45.6 Å². The van der Waals surface area contributed by atoms with Gasteiger partial charge in [0.05, 0.1) is 22.9 Å². The molecule has 1 aliphatic carbocycles. The maximum Gasteiger partial charge on any atom is 0.274 e. The molecule has 0 unspecified atom stereocenters. The standard InChI is InChI=1S/C26H33F2N5O4S/c27-26(28)10-15-33(16-11-26)23-3-1-2-21(30-23)24(35)31-20-5-4-19(38(36,37)29-12-17-34)18-22(20)32-13-8-25(6-7-25)9-14-32/h1-5,18,29,34H,6-17H2,(H,31,35). The highest BCUT2D eigenvalue weighted by Gasteiger charge is 2.44. The van der Waals surface area contributed by atoms with Crippen LogP contribution in [0.2, 0.25) is 0 Å². The summed E-state index contributed by atoms with van der Waals surface area (Å²) < 4.78 is 55.0. The van der Waals surface area contributed by atoms with E-state index in [9.17, 15) is 22.0 Å². The van der Waals surface area contributed by atoms with Crippen LogP contribution in [0.4, 0.5) is 26.0 Å². The number of rotatable bonds is 8. The maximum absolute atomic E-state index is 13.6. The zero-order valence-electron chi connectivity index (χ0n) is 21.1. The number of carbonyl (C=O) groups is 1. The molecule has 1 aromatic carbocycles. The summed E-state index contributed by atoms with van der Waals surface area (Å²) in [6, 6.07) is 9.48. The van der Waals surface area contributed by atoms with Gasteiger partial charge in [0.2, 0.25) is 10.0 Å². The molecular weight excluding hydrogens is 516 g/mol. The van der Waals surface area contributed by atoms with Gasteiger partial charge < -0.3 is 20.2 Å². The smallest absolute Gasteiger partial charge is 0.274 e. The van der Waals surface area contributed by atoms with Gasteiger partial charge in [-0.1, -0.05) is 6.07 Å². The summed E-state index contributed by atoms with van der Waals surface area (Å²) in [5.41, 5.74) is 1.63. The van der Waals surface area contributed by atoms with Gasteiger partial charge >= 0.3 is 0 Å². The normalized spacial score (nSPS) is 20.4. The van der Waals surface area contributed by atoms with E-state index < -0.39 is 21.9 Å². The third kappa shape index (κ3) is 5.92. The van der Waals surface area contributed by atoms with Crippen LogP contribution in [0, 0.1) is 5.41 Å². The Bertz CT molecular complexity index is 1280. The quantitative estimate of drug-likeness (QED) is 0.463. The number of aliphatic hydroxyl groups is 1. The third-order valence-corrected chi connectivity index (χ3v) is 9.30. The zero-order chi connectivity index (χ0) is 27.0. The number of piperidine rings is 2. The summed E-state index contributed by atoms with van der Waals surface area (Å²) in [5.74, 6) is -2.68. The molecule has 3 fully saturated rings. The molecule has 0 radical (unpaired) electrons. The van der Waals surface area contributed by atoms with Crippen molar-refractivity contribution in [2.45, 2.75) is 49.3 Å². The number of hydrogen-bond donors (Lipinski definition) is 3. The first-order valence-electron chi connectivity index (χ1n) is 13.0. The van der Waals surface area contributed by atoms with E-state index in [1.54, 1.807) is 35.2 Å². The summed E-state index contributed by atoms with van der Waals surface area (Å²) in [7, 11) is -3.84. The Kier molecular flexibility index (Phi) is 7.31. The van der Waals surface area contributed by atoms with Crippen LogP contribution in [0.3, 0.4) is 0 Å². The second kappa shape index (κ2) is 10.4. The van der Waals surface area contributed by atoms with Crippen LogP contribution in [0.25, 0.3) is 0 Å². The van der Waals surface area contributed by atoms with Gasteiger partial charge in [-0.2, -0.15) is 0 Å². The molecule has 12 heteroatoms. The first kappa shape index (κ1) is 26.8. The maximum atomic E-state index is 13.6. The lowest BCUT2D eigenvalue weighted by Gasteiger charge is -2.35. The Balaban J connectivity index is 1.38. The van der Waals surface area contributed by atoms with Crippen LogP contribution < -0.4 is 19.8 Å². The highest BCUT2D eigenvalue weighted by Crippen LogP contribution is 2.54. The van der Waals surface area contributed by atoms with Gasteiger partial charge in [-0.15, -0.1) is 0 Å². The van der Waals surface area contributed by atoms with E-state index in [4.69, 9.17) is 5.11 Å². The van der Waals surface area contributed by atoms with Crippen LogP contribution in [-0.4, -0.2) is 69.7 Å². The Morgan fingerprint density at radius 1 is 0.974 bits per heavy atom. The topological polar surface area (TPSA) is 115 Å². The van der Waals surface area contributed by atoms with Gasteiger partial charge in [-0.3, -0.25) is 4.79 Å². The number of anilines is 3. The van der Waals surface area contributed by atoms with Crippen molar-refractivity contribution in [1.82, 2.24) is 9.71 Å². The molecule has 9 nitrogen and oxygen atoms in total. The number of hydrogen-bond acceptors (Lipinski definition) is 7. The van der Waals surface area contributed by atoms with E-state index in [-0.39, 0.29) is 49.7 Å². The molecule has 2 aliphatic heterocycles. The molecular formula is C26H33F2N5O4S. The minimum Gasteiger partial charge on any atom is -0.395 e. The zero-order valence-corrected chi connectivity index (χ0v) is 21.9. The second-order valence-corrected chi connectivity index (χ2v) is 12.2. The first-order valence-corrected chi connectivity index (χ1v) is 14.5. The molecule has 1 saturated carbocycles. The summed E-state index contributed by atoms with van der Waals surface area (Å²) in [6.07, 6.45) is 3.96. The van der Waals surface area contributed by atoms with Gasteiger partial charge in [0.25, 0.3) is 11.8 Å². The molecule has 1 spiro atoms. The van der Waals surface area contributed by atoms with Crippen molar-refractivity contribution in [2.24, 2.45) is 5.41 Å². The molecule has 3 heterocycles. The van der Waals surface area contributed by atoms with Gasteiger partial charge in [-0.05, 0) is 61.4 Å². The lowest BCUT2D eigenvalue weighted by molar-refractivity contribution is -0.0221. The van der Waals surface area contributed by atoms with Crippen molar-refractivity contribution in [3.63, 3.8) is 0 Å². The fourth-order valence-electron chi connectivity index (χ4n) is 5.18. The van der Waals surface area contributed by atoms with Crippen molar-refractivity contribution in [3.05, 3.63) is 42.1 Å². The predicted octanol–water partition coefficient (Wildman–Crippen LogP) is 3.22. The number of pyridine rings is 1. The number of aliphatic hydroxyl groups excluding tert-OH is 1. The number of alkyl halides is 2. The summed E-state index contributed by atoms with van der Waals surface area (Å²) >= 11 is 0. The minimum absolute atomic E-state index is 0.0488. The average molecular weight is 550 g/mol. The van der Waals surface area contributed by atoms with Crippen molar-refractivity contribution < 1.29 is 27.1 Å². The van der Waals surface area contributed by atoms with Crippen LogP contribution in [0.15, 0.2) is 41.3 Å². The van der Waals surface area contributed by atoms with Crippen molar-refractivity contribution in [1.29, 1.82) is 0 Å². The monoisotopic (exact) mass is 549 g/mol. The summed E-state index contributed by atoms with van der Waals surface area (Å²) in [4.78, 5) is 21.6. The minimum atomic E-state index is -3.84. The highest BCUT2D eigenvalue weighted by molar-refractivity contribution is 7.89.